The lowest BCUT2D eigenvalue weighted by molar-refractivity contribution is -0.139. The Labute approximate surface area is 154 Å². The molecule has 7 heteroatoms. The lowest BCUT2D eigenvalue weighted by Crippen LogP contribution is -2.41. The molecule has 3 heterocycles. The number of piperidine rings is 1. The van der Waals surface area contributed by atoms with Gasteiger partial charge in [0.15, 0.2) is 5.82 Å². The van der Waals surface area contributed by atoms with Gasteiger partial charge in [-0.25, -0.2) is 9.97 Å². The third kappa shape index (κ3) is 3.77. The summed E-state index contributed by atoms with van der Waals surface area (Å²) in [6.45, 7) is 6.98. The van der Waals surface area contributed by atoms with Crippen LogP contribution in [0.4, 0.5) is 0 Å². The van der Waals surface area contributed by atoms with Crippen LogP contribution >= 0.6 is 0 Å². The topological polar surface area (TPSA) is 73.1 Å². The molecule has 1 amide bonds. The molecule has 26 heavy (non-hydrogen) atoms. The van der Waals surface area contributed by atoms with E-state index >= 15 is 0 Å². The van der Waals surface area contributed by atoms with Crippen molar-refractivity contribution in [1.29, 1.82) is 0 Å². The normalized spacial score (nSPS) is 17.7. The molecule has 1 aliphatic rings. The lowest BCUT2D eigenvalue weighted by Gasteiger charge is -2.34. The average Bonchev–Trinajstić information content (AvgIpc) is 3.11. The van der Waals surface area contributed by atoms with E-state index in [1.165, 1.54) is 0 Å². The number of amides is 1. The molecule has 2 aromatic rings. The Balaban J connectivity index is 1.98. The molecular weight excluding hydrogens is 330 g/mol. The zero-order chi connectivity index (χ0) is 18.7. The van der Waals surface area contributed by atoms with E-state index < -0.39 is 0 Å². The van der Waals surface area contributed by atoms with E-state index in [2.05, 4.69) is 23.9 Å². The first-order valence-electron chi connectivity index (χ1n) is 9.19. The highest BCUT2D eigenvalue weighted by molar-refractivity contribution is 5.78. The van der Waals surface area contributed by atoms with Gasteiger partial charge < -0.3 is 9.64 Å². The van der Waals surface area contributed by atoms with Crippen LogP contribution in [-0.2, 0) is 9.53 Å². The molecule has 1 atom stereocenters. The second-order valence-electron chi connectivity index (χ2n) is 7.04. The minimum atomic E-state index is -0.0968. The SMILES string of the molecule is COCC(=O)N1CCCC[C@H]1c1nc(C)cc(-c2ccnn2C(C)C)n1. The van der Waals surface area contributed by atoms with Gasteiger partial charge in [0, 0.05) is 31.6 Å². The van der Waals surface area contributed by atoms with Crippen molar-refractivity contribution < 1.29 is 9.53 Å². The van der Waals surface area contributed by atoms with Gasteiger partial charge in [0.2, 0.25) is 5.91 Å². The molecule has 140 valence electrons. The Morgan fingerprint density at radius 2 is 2.15 bits per heavy atom. The fraction of sp³-hybridized carbons (Fsp3) is 0.579. The molecule has 1 saturated heterocycles. The summed E-state index contributed by atoms with van der Waals surface area (Å²) in [5, 5.41) is 4.41. The Morgan fingerprint density at radius 3 is 2.88 bits per heavy atom. The largest absolute Gasteiger partial charge is 0.375 e. The van der Waals surface area contributed by atoms with E-state index in [0.717, 1.165) is 42.9 Å². The van der Waals surface area contributed by atoms with Crippen molar-refractivity contribution in [2.45, 2.75) is 52.1 Å². The Morgan fingerprint density at radius 1 is 1.35 bits per heavy atom. The van der Waals surface area contributed by atoms with Crippen LogP contribution in [-0.4, -0.2) is 50.8 Å². The van der Waals surface area contributed by atoms with Crippen LogP contribution in [0.3, 0.4) is 0 Å². The molecule has 3 rings (SSSR count). The standard InChI is InChI=1S/C19H27N5O2/c1-13(2)24-16(8-9-20-24)15-11-14(3)21-19(22-15)17-7-5-6-10-23(17)18(25)12-26-4/h8-9,11,13,17H,5-7,10,12H2,1-4H3/t17-/m0/s1. The van der Waals surface area contributed by atoms with Gasteiger partial charge in [0.05, 0.1) is 17.4 Å². The van der Waals surface area contributed by atoms with Gasteiger partial charge in [-0.2, -0.15) is 5.10 Å². The Kier molecular flexibility index (Phi) is 5.66. The van der Waals surface area contributed by atoms with Crippen molar-refractivity contribution in [2.75, 3.05) is 20.3 Å². The second kappa shape index (κ2) is 7.95. The number of aryl methyl sites for hydroxylation is 1. The van der Waals surface area contributed by atoms with Gasteiger partial charge in [0.25, 0.3) is 0 Å². The maximum absolute atomic E-state index is 12.5. The van der Waals surface area contributed by atoms with E-state index in [4.69, 9.17) is 9.72 Å². The second-order valence-corrected chi connectivity index (χ2v) is 7.04. The van der Waals surface area contributed by atoms with E-state index in [-0.39, 0.29) is 24.6 Å². The minimum absolute atomic E-state index is 0.00363. The van der Waals surface area contributed by atoms with Crippen molar-refractivity contribution in [3.63, 3.8) is 0 Å². The quantitative estimate of drug-likeness (QED) is 0.822. The monoisotopic (exact) mass is 357 g/mol. The Bertz CT molecular complexity index is 771. The molecular formula is C19H27N5O2. The zero-order valence-corrected chi connectivity index (χ0v) is 16.0. The molecule has 0 aliphatic carbocycles. The number of hydrogen-bond donors (Lipinski definition) is 0. The highest BCUT2D eigenvalue weighted by atomic mass is 16.5. The van der Waals surface area contributed by atoms with Crippen LogP contribution in [0.25, 0.3) is 11.4 Å². The summed E-state index contributed by atoms with van der Waals surface area (Å²) in [5.74, 6) is 0.705. The molecule has 0 N–H and O–H groups in total. The van der Waals surface area contributed by atoms with Gasteiger partial charge >= 0.3 is 0 Å². The number of nitrogens with zero attached hydrogens (tertiary/aromatic N) is 5. The molecule has 0 bridgehead atoms. The van der Waals surface area contributed by atoms with Crippen LogP contribution in [0.2, 0.25) is 0 Å². The van der Waals surface area contributed by atoms with Crippen molar-refractivity contribution in [3.8, 4) is 11.4 Å². The van der Waals surface area contributed by atoms with Crippen molar-refractivity contribution >= 4 is 5.91 Å². The zero-order valence-electron chi connectivity index (χ0n) is 16.0. The molecule has 1 aliphatic heterocycles. The number of carbonyl (C=O) groups excluding carboxylic acids is 1. The molecule has 1 fully saturated rings. The summed E-state index contributed by atoms with van der Waals surface area (Å²) in [7, 11) is 1.55. The number of methoxy groups -OCH3 is 1. The lowest BCUT2D eigenvalue weighted by atomic mass is 10.0. The van der Waals surface area contributed by atoms with E-state index in [9.17, 15) is 4.79 Å². The fourth-order valence-corrected chi connectivity index (χ4v) is 3.51. The molecule has 0 saturated carbocycles. The molecule has 0 unspecified atom stereocenters. The average molecular weight is 357 g/mol. The third-order valence-corrected chi connectivity index (χ3v) is 4.68. The van der Waals surface area contributed by atoms with Crippen LogP contribution < -0.4 is 0 Å². The van der Waals surface area contributed by atoms with E-state index in [1.807, 2.05) is 28.6 Å². The molecule has 7 nitrogen and oxygen atoms in total. The maximum Gasteiger partial charge on any atom is 0.249 e. The van der Waals surface area contributed by atoms with Gasteiger partial charge in [-0.05, 0) is 52.2 Å². The van der Waals surface area contributed by atoms with Gasteiger partial charge in [0.1, 0.15) is 6.61 Å². The number of likely N-dealkylation sites (tertiary alicyclic amines) is 1. The summed E-state index contributed by atoms with van der Waals surface area (Å²) in [4.78, 5) is 23.8. The predicted octanol–water partition coefficient (Wildman–Crippen LogP) is 2.93. The van der Waals surface area contributed by atoms with Crippen LogP contribution in [0.1, 0.15) is 56.7 Å². The van der Waals surface area contributed by atoms with Gasteiger partial charge in [-0.3, -0.25) is 9.48 Å². The van der Waals surface area contributed by atoms with Crippen LogP contribution in [0.15, 0.2) is 18.3 Å². The van der Waals surface area contributed by atoms with Gasteiger partial charge in [-0.1, -0.05) is 0 Å². The summed E-state index contributed by atoms with van der Waals surface area (Å²) in [6.07, 6.45) is 4.74. The van der Waals surface area contributed by atoms with Gasteiger partial charge in [-0.15, -0.1) is 0 Å². The molecule has 0 spiro atoms. The number of rotatable bonds is 5. The van der Waals surface area contributed by atoms with Crippen LogP contribution in [0, 0.1) is 6.92 Å². The summed E-state index contributed by atoms with van der Waals surface area (Å²) >= 11 is 0. The third-order valence-electron chi connectivity index (χ3n) is 4.68. The first-order valence-corrected chi connectivity index (χ1v) is 9.19. The molecule has 0 radical (unpaired) electrons. The Hall–Kier alpha value is -2.28. The maximum atomic E-state index is 12.5. The van der Waals surface area contributed by atoms with Crippen LogP contribution in [0.5, 0.6) is 0 Å². The number of carbonyl (C=O) groups is 1. The first-order chi connectivity index (χ1) is 12.5. The molecule has 0 aromatic carbocycles. The summed E-state index contributed by atoms with van der Waals surface area (Å²) < 4.78 is 7.00. The predicted molar refractivity (Wildman–Crippen MR) is 98.6 cm³/mol. The van der Waals surface area contributed by atoms with Crippen molar-refractivity contribution in [3.05, 3.63) is 29.8 Å². The number of ether oxygens (including phenoxy) is 1. The van der Waals surface area contributed by atoms with E-state index in [0.29, 0.717) is 5.82 Å². The number of aromatic nitrogens is 4. The highest BCUT2D eigenvalue weighted by Gasteiger charge is 2.30. The smallest absolute Gasteiger partial charge is 0.249 e. The van der Waals surface area contributed by atoms with Crippen molar-refractivity contribution in [1.82, 2.24) is 24.6 Å². The minimum Gasteiger partial charge on any atom is -0.375 e. The van der Waals surface area contributed by atoms with E-state index in [1.54, 1.807) is 13.3 Å². The summed E-state index contributed by atoms with van der Waals surface area (Å²) in [6, 6.07) is 4.10. The summed E-state index contributed by atoms with van der Waals surface area (Å²) in [5.41, 5.74) is 2.71. The fourth-order valence-electron chi connectivity index (χ4n) is 3.51. The molecule has 2 aromatic heterocycles. The van der Waals surface area contributed by atoms with Crippen molar-refractivity contribution in [2.24, 2.45) is 0 Å². The first kappa shape index (κ1) is 18.5. The number of hydrogen-bond acceptors (Lipinski definition) is 5. The highest BCUT2D eigenvalue weighted by Crippen LogP contribution is 2.31.